The molecule has 1 heterocycles. The maximum atomic E-state index is 9.97. The number of aliphatic hydroxyl groups excluding tert-OH is 2. The van der Waals surface area contributed by atoms with Gasteiger partial charge >= 0.3 is 0 Å². The summed E-state index contributed by atoms with van der Waals surface area (Å²) in [4.78, 5) is 0. The predicted molar refractivity (Wildman–Crippen MR) is 83.6 cm³/mol. The fraction of sp³-hybridized carbons (Fsp3) is 0.500. The molecule has 21 heavy (non-hydrogen) atoms. The number of hydrogen-bond donors (Lipinski definition) is 3. The van der Waals surface area contributed by atoms with E-state index >= 15 is 0 Å². The van der Waals surface area contributed by atoms with Crippen LogP contribution in [-0.2, 0) is 7.05 Å². The van der Waals surface area contributed by atoms with E-state index in [-0.39, 0.29) is 13.2 Å². The molecule has 0 saturated heterocycles. The fourth-order valence-corrected chi connectivity index (χ4v) is 2.09. The van der Waals surface area contributed by atoms with Crippen LogP contribution in [0.5, 0.6) is 5.75 Å². The number of rotatable bonds is 7. The first-order valence-corrected chi connectivity index (χ1v) is 7.14. The van der Waals surface area contributed by atoms with Crippen LogP contribution in [0.25, 0.3) is 10.9 Å². The van der Waals surface area contributed by atoms with E-state index in [4.69, 9.17) is 9.84 Å². The van der Waals surface area contributed by atoms with E-state index in [2.05, 4.69) is 5.32 Å². The number of aromatic nitrogens is 1. The second kappa shape index (κ2) is 6.47. The van der Waals surface area contributed by atoms with Gasteiger partial charge in [-0.1, -0.05) is 6.07 Å². The lowest BCUT2D eigenvalue weighted by atomic mass is 10.1. The standard InChI is InChI=1S/C16H24N2O3/c1-16(2,11-19)17-9-12(20)10-21-15-6-4-5-14-13(15)7-8-18(14)3/h4-8,12,17,19-20H,9-11H2,1-3H3. The van der Waals surface area contributed by atoms with Crippen LogP contribution in [0, 0.1) is 0 Å². The Morgan fingerprint density at radius 3 is 2.81 bits per heavy atom. The molecule has 0 bridgehead atoms. The molecule has 1 unspecified atom stereocenters. The zero-order chi connectivity index (χ0) is 15.5. The van der Waals surface area contributed by atoms with E-state index in [0.29, 0.717) is 6.54 Å². The van der Waals surface area contributed by atoms with E-state index in [1.165, 1.54) is 0 Å². The van der Waals surface area contributed by atoms with Gasteiger partial charge in [-0.25, -0.2) is 0 Å². The van der Waals surface area contributed by atoms with Gasteiger partial charge in [-0.15, -0.1) is 0 Å². The van der Waals surface area contributed by atoms with Crippen molar-refractivity contribution in [3.8, 4) is 5.75 Å². The Labute approximate surface area is 125 Å². The van der Waals surface area contributed by atoms with Gasteiger partial charge in [-0.3, -0.25) is 0 Å². The molecule has 1 aromatic carbocycles. The highest BCUT2D eigenvalue weighted by molar-refractivity contribution is 5.86. The molecule has 0 spiro atoms. The minimum Gasteiger partial charge on any atom is -0.490 e. The Morgan fingerprint density at radius 2 is 2.10 bits per heavy atom. The molecule has 1 aromatic heterocycles. The Kier molecular flexibility index (Phi) is 4.88. The lowest BCUT2D eigenvalue weighted by Gasteiger charge is -2.25. The molecule has 5 nitrogen and oxygen atoms in total. The summed E-state index contributed by atoms with van der Waals surface area (Å²) in [5.41, 5.74) is 0.696. The van der Waals surface area contributed by atoms with Crippen LogP contribution in [0.1, 0.15) is 13.8 Å². The number of benzene rings is 1. The van der Waals surface area contributed by atoms with E-state index in [1.54, 1.807) is 0 Å². The van der Waals surface area contributed by atoms with Crippen LogP contribution in [0.4, 0.5) is 0 Å². The first-order chi connectivity index (χ1) is 9.93. The molecule has 0 saturated carbocycles. The van der Waals surface area contributed by atoms with Gasteiger partial charge in [0.05, 0.1) is 12.1 Å². The third kappa shape index (κ3) is 3.97. The number of aryl methyl sites for hydroxylation is 1. The van der Waals surface area contributed by atoms with Gasteiger partial charge in [0.25, 0.3) is 0 Å². The zero-order valence-electron chi connectivity index (χ0n) is 12.8. The highest BCUT2D eigenvalue weighted by Crippen LogP contribution is 2.25. The molecule has 5 heteroatoms. The summed E-state index contributed by atoms with van der Waals surface area (Å²) in [6, 6.07) is 7.88. The lowest BCUT2D eigenvalue weighted by molar-refractivity contribution is 0.0913. The number of nitrogens with one attached hydrogen (secondary N) is 1. The molecule has 0 fully saturated rings. The Bertz CT molecular complexity index is 592. The summed E-state index contributed by atoms with van der Waals surface area (Å²) < 4.78 is 7.76. The van der Waals surface area contributed by atoms with Crippen LogP contribution in [-0.4, -0.2) is 46.2 Å². The van der Waals surface area contributed by atoms with Crippen molar-refractivity contribution in [2.45, 2.75) is 25.5 Å². The molecule has 0 aliphatic rings. The lowest BCUT2D eigenvalue weighted by Crippen LogP contribution is -2.47. The van der Waals surface area contributed by atoms with Gasteiger partial charge in [0.2, 0.25) is 0 Å². The summed E-state index contributed by atoms with van der Waals surface area (Å²) in [5.74, 6) is 0.772. The third-order valence-corrected chi connectivity index (χ3v) is 3.53. The highest BCUT2D eigenvalue weighted by Gasteiger charge is 2.17. The first-order valence-electron chi connectivity index (χ1n) is 7.14. The molecule has 0 radical (unpaired) electrons. The van der Waals surface area contributed by atoms with Crippen molar-refractivity contribution in [3.05, 3.63) is 30.5 Å². The molecular formula is C16H24N2O3. The van der Waals surface area contributed by atoms with Crippen molar-refractivity contribution in [3.63, 3.8) is 0 Å². The molecule has 0 aliphatic heterocycles. The molecule has 3 N–H and O–H groups in total. The number of aliphatic hydroxyl groups is 2. The van der Waals surface area contributed by atoms with Gasteiger partial charge in [-0.05, 0) is 32.0 Å². The van der Waals surface area contributed by atoms with E-state index in [1.807, 2.05) is 55.9 Å². The van der Waals surface area contributed by atoms with Crippen molar-refractivity contribution in [2.24, 2.45) is 7.05 Å². The minimum absolute atomic E-state index is 0.0178. The molecule has 2 rings (SSSR count). The topological polar surface area (TPSA) is 66.7 Å². The summed E-state index contributed by atoms with van der Waals surface area (Å²) in [7, 11) is 1.99. The van der Waals surface area contributed by atoms with Gasteiger partial charge in [0.1, 0.15) is 18.5 Å². The second-order valence-corrected chi connectivity index (χ2v) is 6.00. The number of nitrogens with zero attached hydrogens (tertiary/aromatic N) is 1. The van der Waals surface area contributed by atoms with E-state index in [0.717, 1.165) is 16.7 Å². The summed E-state index contributed by atoms with van der Waals surface area (Å²) in [5, 5.41) is 23.3. The van der Waals surface area contributed by atoms with E-state index in [9.17, 15) is 5.11 Å². The van der Waals surface area contributed by atoms with Crippen LogP contribution >= 0.6 is 0 Å². The van der Waals surface area contributed by atoms with Crippen LogP contribution in [0.3, 0.4) is 0 Å². The second-order valence-electron chi connectivity index (χ2n) is 6.00. The van der Waals surface area contributed by atoms with Crippen LogP contribution < -0.4 is 10.1 Å². The fourth-order valence-electron chi connectivity index (χ4n) is 2.09. The zero-order valence-corrected chi connectivity index (χ0v) is 12.8. The Morgan fingerprint density at radius 1 is 1.33 bits per heavy atom. The number of hydrogen-bond acceptors (Lipinski definition) is 4. The van der Waals surface area contributed by atoms with E-state index < -0.39 is 11.6 Å². The van der Waals surface area contributed by atoms with Crippen molar-refractivity contribution >= 4 is 10.9 Å². The SMILES string of the molecule is Cn1ccc2c(OCC(O)CNC(C)(C)CO)cccc21. The average Bonchev–Trinajstić information content (AvgIpc) is 2.85. The molecule has 1 atom stereocenters. The summed E-state index contributed by atoms with van der Waals surface area (Å²) in [6.45, 7) is 4.36. The third-order valence-electron chi connectivity index (χ3n) is 3.53. The summed E-state index contributed by atoms with van der Waals surface area (Å²) >= 11 is 0. The monoisotopic (exact) mass is 292 g/mol. The average molecular weight is 292 g/mol. The van der Waals surface area contributed by atoms with Crippen LogP contribution in [0.15, 0.2) is 30.5 Å². The quantitative estimate of drug-likeness (QED) is 0.719. The van der Waals surface area contributed by atoms with Crippen molar-refractivity contribution in [1.29, 1.82) is 0 Å². The van der Waals surface area contributed by atoms with Gasteiger partial charge in [0, 0.05) is 30.7 Å². The van der Waals surface area contributed by atoms with Crippen molar-refractivity contribution in [2.75, 3.05) is 19.8 Å². The van der Waals surface area contributed by atoms with Gasteiger partial charge in [-0.2, -0.15) is 0 Å². The maximum absolute atomic E-state index is 9.97. The molecule has 0 amide bonds. The number of β-amino-alcohol motifs (C(OH)–C–C–N with tert-alkyl or cyclic N) is 1. The molecular weight excluding hydrogens is 268 g/mol. The minimum atomic E-state index is -0.630. The van der Waals surface area contributed by atoms with Crippen LogP contribution in [0.2, 0.25) is 0 Å². The molecule has 116 valence electrons. The van der Waals surface area contributed by atoms with Gasteiger partial charge in [0.15, 0.2) is 0 Å². The van der Waals surface area contributed by atoms with Crippen molar-refractivity contribution in [1.82, 2.24) is 9.88 Å². The largest absolute Gasteiger partial charge is 0.490 e. The molecule has 2 aromatic rings. The number of fused-ring (bicyclic) bond motifs is 1. The first kappa shape index (κ1) is 15.8. The normalized spacial score (nSPS) is 13.6. The van der Waals surface area contributed by atoms with Gasteiger partial charge < -0.3 is 24.8 Å². The predicted octanol–water partition coefficient (Wildman–Crippen LogP) is 1.28. The van der Waals surface area contributed by atoms with Crippen molar-refractivity contribution < 1.29 is 14.9 Å². The molecule has 0 aliphatic carbocycles. The Hall–Kier alpha value is -1.56. The number of ether oxygens (including phenoxy) is 1. The maximum Gasteiger partial charge on any atom is 0.128 e. The Balaban J connectivity index is 1.93. The highest BCUT2D eigenvalue weighted by atomic mass is 16.5. The summed E-state index contributed by atoms with van der Waals surface area (Å²) in [6.07, 6.45) is 1.36. The smallest absolute Gasteiger partial charge is 0.128 e.